The van der Waals surface area contributed by atoms with E-state index in [0.717, 1.165) is 97.9 Å². The maximum Gasteiger partial charge on any atom is 0.371 e. The largest absolute Gasteiger partial charge is 0.470 e. The maximum atomic E-state index is 13.6. The number of rotatable bonds is 10. The molecule has 0 aliphatic carbocycles. The van der Waals surface area contributed by atoms with Crippen molar-refractivity contribution in [2.45, 2.75) is 123 Å². The van der Waals surface area contributed by atoms with Gasteiger partial charge in [0, 0.05) is 154 Å². The van der Waals surface area contributed by atoms with Crippen LogP contribution in [0.4, 0.5) is 10.3 Å². The molecule has 14 aromatic heterocycles. The van der Waals surface area contributed by atoms with Gasteiger partial charge >= 0.3 is 17.7 Å². The molecule has 609 valence electrons. The van der Waals surface area contributed by atoms with Crippen molar-refractivity contribution < 1.29 is 127 Å². The Labute approximate surface area is 756 Å². The number of halogens is 1. The van der Waals surface area contributed by atoms with E-state index in [0.29, 0.717) is 85.7 Å². The van der Waals surface area contributed by atoms with E-state index in [1.807, 2.05) is 88.0 Å². The molecule has 0 N–H and O–H groups in total. The summed E-state index contributed by atoms with van der Waals surface area (Å²) < 4.78 is 44.8. The van der Waals surface area contributed by atoms with Gasteiger partial charge in [-0.2, -0.15) is 20.4 Å². The normalized spacial score (nSPS) is 10.9. The molecule has 118 heavy (non-hydrogen) atoms. The number of aromatic nitrogens is 21. The van der Waals surface area contributed by atoms with E-state index in [1.165, 1.54) is 51.3 Å². The van der Waals surface area contributed by atoms with Crippen molar-refractivity contribution >= 4 is 99.5 Å². The van der Waals surface area contributed by atoms with Gasteiger partial charge in [0.25, 0.3) is 0 Å². The van der Waals surface area contributed by atoms with Crippen LogP contribution in [-0.4, -0.2) is 99.5 Å². The number of hydrogen-bond donors (Lipinski definition) is 0. The Hall–Kier alpha value is -9.99. The molecule has 0 unspecified atom stereocenters. The van der Waals surface area contributed by atoms with Crippen molar-refractivity contribution in [3.05, 3.63) is 241 Å². The van der Waals surface area contributed by atoms with E-state index in [4.69, 9.17) is 34.3 Å². The average Bonchev–Trinajstić information content (AvgIpc) is 1.44. The maximum absolute atomic E-state index is 13.6. The van der Waals surface area contributed by atoms with Crippen LogP contribution in [0.5, 0.6) is 0 Å². The number of thiazole rings is 2. The van der Waals surface area contributed by atoms with E-state index in [1.54, 1.807) is 58.6 Å². The van der Waals surface area contributed by atoms with Gasteiger partial charge in [-0.05, 0) is 165 Å². The van der Waals surface area contributed by atoms with Crippen molar-refractivity contribution in [1.82, 2.24) is 99.5 Å². The summed E-state index contributed by atoms with van der Waals surface area (Å²) in [7, 11) is 0. The molecule has 0 saturated carbocycles. The van der Waals surface area contributed by atoms with Crippen LogP contribution >= 0.6 is 34.0 Å². The molecular formula is C83H69FIr5N22O4S3-4. The molecule has 0 aliphatic heterocycles. The number of pyridine rings is 4. The minimum absolute atomic E-state index is 0. The van der Waals surface area contributed by atoms with Crippen molar-refractivity contribution in [1.29, 1.82) is 0 Å². The fraction of sp³-hybridized carbons (Fsp3) is 0.217. The topological polar surface area (TPSA) is 295 Å². The Kier molecular flexibility index (Phi) is 29.4. The van der Waals surface area contributed by atoms with E-state index in [-0.39, 0.29) is 112 Å². The molecule has 19 aromatic rings. The molecule has 0 fully saturated rings. The summed E-state index contributed by atoms with van der Waals surface area (Å²) in [6.07, 6.45) is 12.4. The Balaban J connectivity index is 0.000000156. The third-order valence-electron chi connectivity index (χ3n) is 18.2. The summed E-state index contributed by atoms with van der Waals surface area (Å²) in [6, 6.07) is 38.8. The molecule has 14 heterocycles. The number of para-hydroxylation sites is 2. The zero-order chi connectivity index (χ0) is 79.2. The summed E-state index contributed by atoms with van der Waals surface area (Å²) in [5, 5.41) is 41.5. The van der Waals surface area contributed by atoms with Crippen LogP contribution < -0.4 is 4.52 Å². The van der Waals surface area contributed by atoms with Gasteiger partial charge in [0.1, 0.15) is 28.5 Å². The SMILES string of the molecule is Cc1nc2c(-c3n[n+]4ccccc4n3-c3c(C)cccc3C)[c-]ccc2s1.Cc1nc2c(-c3nnco3)[c-]ncc2o1.Cc1nnc(-c2[c-]cc(C)c3sc(C)nc23)s1.Cc1nnc(-c2[c-]ncc3oc(F)nc23)n1-c1c(C(C)C)cccc1C(C)C.[C-]#[N+]c1nnc(-c2[c-]cnc3oc(C)nc23)n1-c1c(C)cc(C)cc1C.[Ir].[Ir].[Ir].[Ir].[Ir]. The zero-order valence-corrected chi connectivity index (χ0v) is 80.3. The molecule has 35 heteroatoms. The van der Waals surface area contributed by atoms with Gasteiger partial charge in [-0.1, -0.05) is 117 Å². The summed E-state index contributed by atoms with van der Waals surface area (Å²) >= 11 is 5.00. The molecule has 19 rings (SSSR count). The molecule has 5 aromatic carbocycles. The van der Waals surface area contributed by atoms with Gasteiger partial charge in [-0.3, -0.25) is 24.5 Å². The second-order valence-corrected chi connectivity index (χ2v) is 30.7. The monoisotopic (exact) mass is 2520 g/mol. The molecule has 0 atom stereocenters. The van der Waals surface area contributed by atoms with Crippen molar-refractivity contribution in [3.8, 4) is 73.3 Å². The van der Waals surface area contributed by atoms with Crippen LogP contribution in [0.3, 0.4) is 0 Å². The summed E-state index contributed by atoms with van der Waals surface area (Å²) in [5.74, 6) is 4.77. The van der Waals surface area contributed by atoms with Gasteiger partial charge in [0.2, 0.25) is 0 Å². The molecule has 0 amide bonds. The molecule has 0 spiro atoms. The Morgan fingerprint density at radius 1 is 0.517 bits per heavy atom. The molecule has 0 saturated heterocycles. The summed E-state index contributed by atoms with van der Waals surface area (Å²) in [4.78, 5) is 37.5. The van der Waals surface area contributed by atoms with Crippen LogP contribution in [0, 0.1) is 126 Å². The van der Waals surface area contributed by atoms with E-state index >= 15 is 0 Å². The first-order chi connectivity index (χ1) is 54.5. The fourth-order valence-electron chi connectivity index (χ4n) is 13.5. The smallest absolute Gasteiger partial charge is 0.371 e. The fourth-order valence-corrected chi connectivity index (χ4v) is 16.0. The first kappa shape index (κ1) is 90.3. The second-order valence-electron chi connectivity index (χ2n) is 27.1. The predicted octanol–water partition coefficient (Wildman–Crippen LogP) is 18.5. The van der Waals surface area contributed by atoms with Crippen LogP contribution in [0.1, 0.15) is 117 Å². The number of hydrogen-bond acceptors (Lipinski definition) is 24. The van der Waals surface area contributed by atoms with Gasteiger partial charge in [-0.25, -0.2) is 14.5 Å². The number of benzene rings is 5. The van der Waals surface area contributed by atoms with E-state index in [2.05, 4.69) is 225 Å². The van der Waals surface area contributed by atoms with Crippen LogP contribution in [0.15, 0.2) is 134 Å². The van der Waals surface area contributed by atoms with Crippen LogP contribution in [0.25, 0.3) is 138 Å². The van der Waals surface area contributed by atoms with Gasteiger partial charge in [0.15, 0.2) is 35.6 Å². The van der Waals surface area contributed by atoms with Gasteiger partial charge in [0.05, 0.1) is 37.7 Å². The van der Waals surface area contributed by atoms with Crippen LogP contribution in [-0.2, 0) is 101 Å². The van der Waals surface area contributed by atoms with Crippen molar-refractivity contribution in [2.24, 2.45) is 0 Å². The van der Waals surface area contributed by atoms with Crippen molar-refractivity contribution in [2.75, 3.05) is 0 Å². The van der Waals surface area contributed by atoms with E-state index in [9.17, 15) is 4.39 Å². The molecule has 0 aliphatic rings. The molecule has 5 radical (unpaired) electrons. The zero-order valence-electron chi connectivity index (χ0n) is 65.9. The molecular weight excluding hydrogens is 2450 g/mol. The quantitative estimate of drug-likeness (QED) is 0.0907. The standard InChI is InChI=1S/C22H18N4S.C21H21FN5O.C19H15N6O.C12H10N3S2.C9H5N4O2.5Ir/c1-14-8-6-9-15(2)21(14)26-19-12-4-5-13-25(19)24-22(26)17-10-7-11-18-20(17)23-16(3)27-18;1-11(2)14-7-6-8-15(12(3)4)19(14)27-13(5)25-26-20(27)16-9-23-10-17-18(16)24-21(22)28-17;1-10-8-11(2)16(12(3)9-10)25-17(23-24-19(25)20-5)14-6-7-21-18-15(14)22-13(4)26-18;1-6-4-5-9(12-15-14-8(3)17-12)10-11(6)16-7(2)13-10;1-5-12-8-6(9-13-11-4-14-9)2-10-3-7(8)15-5;;;;;/h4-9,11-13H,1-3H3;6-8,10-12H,1-5H3;7-9H,1-4H3;4H,1-3H3;3-4H,1H3;;;;;/q;4*-1;;;;;. The number of aryl methyl sites for hydroxylation is 12. The van der Waals surface area contributed by atoms with Gasteiger partial charge in [-0.15, -0.1) is 112 Å². The summed E-state index contributed by atoms with van der Waals surface area (Å²) in [6.45, 7) is 40.0. The number of fused-ring (bicyclic) bond motifs is 6. The van der Waals surface area contributed by atoms with Crippen molar-refractivity contribution in [3.63, 3.8) is 0 Å². The average molecular weight is 2510 g/mol. The van der Waals surface area contributed by atoms with Crippen LogP contribution in [0.2, 0.25) is 0 Å². The Morgan fingerprint density at radius 3 is 1.82 bits per heavy atom. The minimum Gasteiger partial charge on any atom is -0.470 e. The van der Waals surface area contributed by atoms with E-state index < -0.39 is 6.14 Å². The first-order valence-electron chi connectivity index (χ1n) is 35.7. The minimum atomic E-state index is -0.911. The predicted molar refractivity (Wildman–Crippen MR) is 429 cm³/mol. The third kappa shape index (κ3) is 18.1. The number of nitrogens with zero attached hydrogens (tertiary/aromatic N) is 22. The molecule has 26 nitrogen and oxygen atoms in total. The van der Waals surface area contributed by atoms with Gasteiger partial charge < -0.3 is 37.0 Å². The summed E-state index contributed by atoms with van der Waals surface area (Å²) in [5.41, 5.74) is 21.6. The Bertz CT molecular complexity index is 6790. The third-order valence-corrected chi connectivity index (χ3v) is 21.1. The Morgan fingerprint density at radius 2 is 1.14 bits per heavy atom. The second kappa shape index (κ2) is 38.4. The molecule has 0 bridgehead atoms. The first-order valence-corrected chi connectivity index (χ1v) is 38.1. The number of oxazole rings is 3.